The van der Waals surface area contributed by atoms with Crippen LogP contribution >= 0.6 is 0 Å². The SMILES string of the molecule is CCCCc1oc2ccc(C(=O)O)cc2c1C(=O)c1ccc(CCCN(CCCC)CCCC)cc1. The van der Waals surface area contributed by atoms with Crippen LogP contribution in [0.1, 0.15) is 103 Å². The van der Waals surface area contributed by atoms with Gasteiger partial charge in [0.2, 0.25) is 0 Å². The number of carboxylic acids is 1. The molecule has 5 nitrogen and oxygen atoms in total. The van der Waals surface area contributed by atoms with Gasteiger partial charge >= 0.3 is 5.97 Å². The molecule has 0 saturated carbocycles. The third kappa shape index (κ3) is 7.30. The molecule has 0 aliphatic heterocycles. The first kappa shape index (κ1) is 27.7. The number of furan rings is 1. The van der Waals surface area contributed by atoms with Crippen molar-refractivity contribution in [2.75, 3.05) is 19.6 Å². The lowest BCUT2D eigenvalue weighted by Gasteiger charge is -2.21. The summed E-state index contributed by atoms with van der Waals surface area (Å²) in [6, 6.07) is 12.6. The molecule has 0 spiro atoms. The number of fused-ring (bicyclic) bond motifs is 1. The lowest BCUT2D eigenvalue weighted by molar-refractivity contribution is 0.0696. The molecule has 0 saturated heterocycles. The zero-order valence-corrected chi connectivity index (χ0v) is 22.1. The predicted molar refractivity (Wildman–Crippen MR) is 146 cm³/mol. The van der Waals surface area contributed by atoms with E-state index in [4.69, 9.17) is 4.42 Å². The topological polar surface area (TPSA) is 70.7 Å². The van der Waals surface area contributed by atoms with Crippen LogP contribution in [-0.2, 0) is 12.8 Å². The average molecular weight is 492 g/mol. The molecule has 0 fully saturated rings. The minimum absolute atomic E-state index is 0.112. The Labute approximate surface area is 215 Å². The summed E-state index contributed by atoms with van der Waals surface area (Å²) in [7, 11) is 0. The average Bonchev–Trinajstić information content (AvgIpc) is 3.26. The molecule has 3 rings (SSSR count). The van der Waals surface area contributed by atoms with Gasteiger partial charge in [-0.05, 0) is 75.5 Å². The van der Waals surface area contributed by atoms with Gasteiger partial charge in [-0.3, -0.25) is 4.79 Å². The number of nitrogens with zero attached hydrogens (tertiary/aromatic N) is 1. The molecule has 2 aromatic carbocycles. The second-order valence-corrected chi connectivity index (χ2v) is 9.70. The molecule has 0 radical (unpaired) electrons. The standard InChI is InChI=1S/C31H41NO4/c1-4-7-12-28-29(26-22-25(31(34)35)17-18-27(26)36-28)30(33)24-15-13-23(14-16-24)11-10-21-32(19-8-5-2)20-9-6-3/h13-18,22H,4-12,19-21H2,1-3H3,(H,34,35). The number of rotatable bonds is 16. The largest absolute Gasteiger partial charge is 0.478 e. The van der Waals surface area contributed by atoms with Crippen LogP contribution in [0.2, 0.25) is 0 Å². The Bertz CT molecular complexity index is 1120. The van der Waals surface area contributed by atoms with Crippen LogP contribution in [0.15, 0.2) is 46.9 Å². The van der Waals surface area contributed by atoms with E-state index in [0.717, 1.165) is 32.2 Å². The van der Waals surface area contributed by atoms with Gasteiger partial charge in [-0.25, -0.2) is 4.79 Å². The highest BCUT2D eigenvalue weighted by molar-refractivity contribution is 6.17. The fraction of sp³-hybridized carbons (Fsp3) is 0.484. The van der Waals surface area contributed by atoms with E-state index in [1.165, 1.54) is 50.4 Å². The van der Waals surface area contributed by atoms with Crippen LogP contribution in [-0.4, -0.2) is 41.4 Å². The summed E-state index contributed by atoms with van der Waals surface area (Å²) in [5.74, 6) is -0.485. The number of carboxylic acid groups (broad SMARTS) is 1. The zero-order valence-electron chi connectivity index (χ0n) is 22.1. The number of ketones is 1. The van der Waals surface area contributed by atoms with E-state index in [9.17, 15) is 14.7 Å². The number of hydrogen-bond acceptors (Lipinski definition) is 4. The van der Waals surface area contributed by atoms with E-state index >= 15 is 0 Å². The molecular formula is C31H41NO4. The molecule has 0 unspecified atom stereocenters. The van der Waals surface area contributed by atoms with Crippen molar-refractivity contribution >= 4 is 22.7 Å². The highest BCUT2D eigenvalue weighted by Crippen LogP contribution is 2.30. The van der Waals surface area contributed by atoms with Crippen molar-refractivity contribution in [1.82, 2.24) is 4.90 Å². The zero-order chi connectivity index (χ0) is 25.9. The van der Waals surface area contributed by atoms with Crippen molar-refractivity contribution < 1.29 is 19.1 Å². The maximum atomic E-state index is 13.6. The second kappa shape index (κ2) is 14.0. The van der Waals surface area contributed by atoms with Crippen molar-refractivity contribution in [3.63, 3.8) is 0 Å². The van der Waals surface area contributed by atoms with Crippen LogP contribution in [0.4, 0.5) is 0 Å². The van der Waals surface area contributed by atoms with Crippen LogP contribution < -0.4 is 0 Å². The van der Waals surface area contributed by atoms with Gasteiger partial charge < -0.3 is 14.4 Å². The van der Waals surface area contributed by atoms with Crippen molar-refractivity contribution in [2.24, 2.45) is 0 Å². The summed E-state index contributed by atoms with van der Waals surface area (Å²) in [5.41, 5.74) is 3.04. The van der Waals surface area contributed by atoms with Gasteiger partial charge in [0.25, 0.3) is 0 Å². The van der Waals surface area contributed by atoms with Gasteiger partial charge in [0, 0.05) is 17.4 Å². The summed E-state index contributed by atoms with van der Waals surface area (Å²) >= 11 is 0. The van der Waals surface area contributed by atoms with Crippen LogP contribution in [0.5, 0.6) is 0 Å². The Morgan fingerprint density at radius 3 is 2.00 bits per heavy atom. The number of benzene rings is 2. The minimum atomic E-state index is -1.01. The fourth-order valence-electron chi connectivity index (χ4n) is 4.62. The summed E-state index contributed by atoms with van der Waals surface area (Å²) in [6.45, 7) is 10.0. The second-order valence-electron chi connectivity index (χ2n) is 9.70. The third-order valence-corrected chi connectivity index (χ3v) is 6.80. The van der Waals surface area contributed by atoms with Crippen LogP contribution in [0.3, 0.4) is 0 Å². The Hall–Kier alpha value is -2.92. The van der Waals surface area contributed by atoms with Gasteiger partial charge in [0.15, 0.2) is 5.78 Å². The molecule has 1 N–H and O–H groups in total. The van der Waals surface area contributed by atoms with E-state index < -0.39 is 5.97 Å². The van der Waals surface area contributed by atoms with E-state index in [-0.39, 0.29) is 11.3 Å². The summed E-state index contributed by atoms with van der Waals surface area (Å²) in [6.07, 6.45) is 9.57. The summed E-state index contributed by atoms with van der Waals surface area (Å²) < 4.78 is 6.02. The van der Waals surface area contributed by atoms with Gasteiger partial charge in [0.05, 0.1) is 11.1 Å². The van der Waals surface area contributed by atoms with Crippen molar-refractivity contribution in [2.45, 2.75) is 78.6 Å². The lowest BCUT2D eigenvalue weighted by Crippen LogP contribution is -2.27. The predicted octanol–water partition coefficient (Wildman–Crippen LogP) is 7.54. The van der Waals surface area contributed by atoms with Crippen molar-refractivity contribution in [1.29, 1.82) is 0 Å². The number of carbonyl (C=O) groups is 2. The van der Waals surface area contributed by atoms with E-state index in [1.54, 1.807) is 12.1 Å². The number of aryl methyl sites for hydroxylation is 2. The Balaban J connectivity index is 1.74. The molecule has 0 aliphatic rings. The maximum Gasteiger partial charge on any atom is 0.335 e. The molecule has 194 valence electrons. The molecule has 0 atom stereocenters. The van der Waals surface area contributed by atoms with E-state index in [2.05, 4.69) is 25.7 Å². The number of hydrogen-bond donors (Lipinski definition) is 1. The lowest BCUT2D eigenvalue weighted by atomic mass is 9.96. The number of aromatic carboxylic acids is 1. The summed E-state index contributed by atoms with van der Waals surface area (Å²) in [4.78, 5) is 27.7. The highest BCUT2D eigenvalue weighted by Gasteiger charge is 2.23. The van der Waals surface area contributed by atoms with Crippen LogP contribution in [0, 0.1) is 0 Å². The molecule has 3 aromatic rings. The molecule has 36 heavy (non-hydrogen) atoms. The maximum absolute atomic E-state index is 13.6. The monoisotopic (exact) mass is 491 g/mol. The minimum Gasteiger partial charge on any atom is -0.478 e. The Morgan fingerprint density at radius 2 is 1.39 bits per heavy atom. The summed E-state index contributed by atoms with van der Waals surface area (Å²) in [5, 5.41) is 10.0. The molecule has 5 heteroatoms. The first-order valence-corrected chi connectivity index (χ1v) is 13.6. The van der Waals surface area contributed by atoms with Gasteiger partial charge in [0.1, 0.15) is 11.3 Å². The molecule has 0 amide bonds. The molecule has 0 bridgehead atoms. The normalized spacial score (nSPS) is 11.4. The third-order valence-electron chi connectivity index (χ3n) is 6.80. The molecular weight excluding hydrogens is 450 g/mol. The highest BCUT2D eigenvalue weighted by atomic mass is 16.4. The van der Waals surface area contributed by atoms with E-state index in [1.807, 2.05) is 24.3 Å². The fourth-order valence-corrected chi connectivity index (χ4v) is 4.62. The Kier molecular flexibility index (Phi) is 10.7. The molecule has 0 aliphatic carbocycles. The van der Waals surface area contributed by atoms with Gasteiger partial charge in [-0.2, -0.15) is 0 Å². The molecule has 1 heterocycles. The van der Waals surface area contributed by atoms with Crippen molar-refractivity contribution in [3.05, 3.63) is 70.5 Å². The van der Waals surface area contributed by atoms with Crippen molar-refractivity contribution in [3.8, 4) is 0 Å². The number of carbonyl (C=O) groups excluding carboxylic acids is 1. The first-order valence-electron chi connectivity index (χ1n) is 13.6. The van der Waals surface area contributed by atoms with Gasteiger partial charge in [-0.15, -0.1) is 0 Å². The van der Waals surface area contributed by atoms with Gasteiger partial charge in [-0.1, -0.05) is 64.3 Å². The first-order chi connectivity index (χ1) is 17.5. The quantitative estimate of drug-likeness (QED) is 0.210. The molecule has 1 aromatic heterocycles. The van der Waals surface area contributed by atoms with Crippen LogP contribution in [0.25, 0.3) is 11.0 Å². The van der Waals surface area contributed by atoms with E-state index in [0.29, 0.717) is 34.3 Å². The smallest absolute Gasteiger partial charge is 0.335 e. The number of unbranched alkanes of at least 4 members (excludes halogenated alkanes) is 3. The Morgan fingerprint density at radius 1 is 0.778 bits per heavy atom.